The molecule has 20 heavy (non-hydrogen) atoms. The van der Waals surface area contributed by atoms with Gasteiger partial charge in [-0.1, -0.05) is 0 Å². The van der Waals surface area contributed by atoms with E-state index in [0.717, 1.165) is 0 Å². The molecule has 3 N–H and O–H groups in total. The van der Waals surface area contributed by atoms with Crippen LogP contribution in [0.1, 0.15) is 10.4 Å². The Labute approximate surface area is 115 Å². The standard InChI is InChI=1S/C14H13N3O3/c15-13-4-2-10(8-16-13)17-14(18)9-1-3-11-12(7-9)20-6-5-19-11/h1-4,7-8H,5-6H2,(H2,15,16)(H,17,18). The predicted molar refractivity (Wildman–Crippen MR) is 74.0 cm³/mol. The number of nitrogens with one attached hydrogen (secondary N) is 1. The molecule has 0 saturated heterocycles. The minimum absolute atomic E-state index is 0.242. The Morgan fingerprint density at radius 3 is 2.70 bits per heavy atom. The fourth-order valence-corrected chi connectivity index (χ4v) is 1.87. The zero-order chi connectivity index (χ0) is 13.9. The number of rotatable bonds is 2. The second kappa shape index (κ2) is 5.08. The number of hydrogen-bond acceptors (Lipinski definition) is 5. The first-order valence-corrected chi connectivity index (χ1v) is 6.15. The molecule has 3 rings (SSSR count). The van der Waals surface area contributed by atoms with Crippen molar-refractivity contribution in [2.24, 2.45) is 0 Å². The Morgan fingerprint density at radius 1 is 1.15 bits per heavy atom. The summed E-state index contributed by atoms with van der Waals surface area (Å²) in [6.07, 6.45) is 1.51. The first-order valence-electron chi connectivity index (χ1n) is 6.15. The van der Waals surface area contributed by atoms with Crippen LogP contribution in [0.15, 0.2) is 36.5 Å². The van der Waals surface area contributed by atoms with Crippen molar-refractivity contribution < 1.29 is 14.3 Å². The molecule has 0 unspecified atom stereocenters. The second-order valence-electron chi connectivity index (χ2n) is 4.28. The average Bonchev–Trinajstić information content (AvgIpc) is 2.49. The van der Waals surface area contributed by atoms with E-state index >= 15 is 0 Å². The van der Waals surface area contributed by atoms with E-state index in [-0.39, 0.29) is 5.91 Å². The maximum absolute atomic E-state index is 12.1. The first-order chi connectivity index (χ1) is 9.72. The lowest BCUT2D eigenvalue weighted by molar-refractivity contribution is 0.102. The largest absolute Gasteiger partial charge is 0.486 e. The van der Waals surface area contributed by atoms with Gasteiger partial charge in [0.25, 0.3) is 5.91 Å². The van der Waals surface area contributed by atoms with E-state index < -0.39 is 0 Å². The smallest absolute Gasteiger partial charge is 0.255 e. The zero-order valence-corrected chi connectivity index (χ0v) is 10.6. The van der Waals surface area contributed by atoms with Crippen LogP contribution in [0.25, 0.3) is 0 Å². The molecular formula is C14H13N3O3. The number of pyridine rings is 1. The fraction of sp³-hybridized carbons (Fsp3) is 0.143. The third-order valence-electron chi connectivity index (χ3n) is 2.85. The van der Waals surface area contributed by atoms with Gasteiger partial charge in [0.2, 0.25) is 0 Å². The van der Waals surface area contributed by atoms with Crippen molar-refractivity contribution in [3.05, 3.63) is 42.1 Å². The lowest BCUT2D eigenvalue weighted by atomic mass is 10.2. The van der Waals surface area contributed by atoms with Gasteiger partial charge in [0.05, 0.1) is 11.9 Å². The number of benzene rings is 1. The summed E-state index contributed by atoms with van der Waals surface area (Å²) in [6, 6.07) is 8.39. The third kappa shape index (κ3) is 2.49. The van der Waals surface area contributed by atoms with Crippen molar-refractivity contribution in [3.8, 4) is 11.5 Å². The number of carbonyl (C=O) groups excluding carboxylic acids is 1. The third-order valence-corrected chi connectivity index (χ3v) is 2.85. The number of carbonyl (C=O) groups is 1. The molecule has 1 aromatic carbocycles. The summed E-state index contributed by atoms with van der Waals surface area (Å²) < 4.78 is 10.9. The summed E-state index contributed by atoms with van der Waals surface area (Å²) in [4.78, 5) is 16.0. The minimum Gasteiger partial charge on any atom is -0.486 e. The van der Waals surface area contributed by atoms with E-state index in [1.165, 1.54) is 6.20 Å². The molecule has 1 aliphatic rings. The van der Waals surface area contributed by atoms with Crippen LogP contribution in [0.5, 0.6) is 11.5 Å². The SMILES string of the molecule is Nc1ccc(NC(=O)c2ccc3c(c2)OCCO3)cn1. The highest BCUT2D eigenvalue weighted by Crippen LogP contribution is 2.30. The summed E-state index contributed by atoms with van der Waals surface area (Å²) >= 11 is 0. The maximum Gasteiger partial charge on any atom is 0.255 e. The monoisotopic (exact) mass is 271 g/mol. The Bertz CT molecular complexity index is 641. The van der Waals surface area contributed by atoms with Crippen molar-refractivity contribution in [2.45, 2.75) is 0 Å². The molecule has 2 heterocycles. The first kappa shape index (κ1) is 12.3. The molecule has 0 spiro atoms. The quantitative estimate of drug-likeness (QED) is 0.868. The van der Waals surface area contributed by atoms with Crippen LogP contribution in [0, 0.1) is 0 Å². The van der Waals surface area contributed by atoms with E-state index in [4.69, 9.17) is 15.2 Å². The van der Waals surface area contributed by atoms with E-state index in [0.29, 0.717) is 41.8 Å². The number of anilines is 2. The van der Waals surface area contributed by atoms with E-state index in [9.17, 15) is 4.79 Å². The van der Waals surface area contributed by atoms with Gasteiger partial charge in [-0.2, -0.15) is 0 Å². The van der Waals surface area contributed by atoms with Gasteiger partial charge in [-0.05, 0) is 30.3 Å². The number of nitrogens with zero attached hydrogens (tertiary/aromatic N) is 1. The molecule has 0 aliphatic carbocycles. The van der Waals surface area contributed by atoms with Gasteiger partial charge < -0.3 is 20.5 Å². The molecule has 0 saturated carbocycles. The van der Waals surface area contributed by atoms with Crippen LogP contribution in [-0.2, 0) is 0 Å². The summed E-state index contributed by atoms with van der Waals surface area (Å²) in [7, 11) is 0. The van der Waals surface area contributed by atoms with Gasteiger partial charge in [-0.15, -0.1) is 0 Å². The normalized spacial score (nSPS) is 12.8. The van der Waals surface area contributed by atoms with Gasteiger partial charge >= 0.3 is 0 Å². The van der Waals surface area contributed by atoms with Crippen LogP contribution >= 0.6 is 0 Å². The topological polar surface area (TPSA) is 86.5 Å². The van der Waals surface area contributed by atoms with Crippen molar-refractivity contribution >= 4 is 17.4 Å². The number of nitrogens with two attached hydrogens (primary N) is 1. The highest BCUT2D eigenvalue weighted by Gasteiger charge is 2.15. The minimum atomic E-state index is -0.242. The van der Waals surface area contributed by atoms with Crippen molar-refractivity contribution in [3.63, 3.8) is 0 Å². The molecule has 102 valence electrons. The molecule has 0 fully saturated rings. The second-order valence-corrected chi connectivity index (χ2v) is 4.28. The van der Waals surface area contributed by atoms with Crippen LogP contribution in [0.4, 0.5) is 11.5 Å². The number of fused-ring (bicyclic) bond motifs is 1. The number of nitrogen functional groups attached to an aromatic ring is 1. The number of ether oxygens (including phenoxy) is 2. The molecule has 0 radical (unpaired) electrons. The summed E-state index contributed by atoms with van der Waals surface area (Å²) in [5, 5.41) is 2.74. The van der Waals surface area contributed by atoms with Crippen LogP contribution < -0.4 is 20.5 Å². The lowest BCUT2D eigenvalue weighted by Crippen LogP contribution is -2.17. The van der Waals surface area contributed by atoms with Gasteiger partial charge in [-0.25, -0.2) is 4.98 Å². The van der Waals surface area contributed by atoms with Crippen molar-refractivity contribution in [2.75, 3.05) is 24.3 Å². The number of amides is 1. The van der Waals surface area contributed by atoms with E-state index in [2.05, 4.69) is 10.3 Å². The highest BCUT2D eigenvalue weighted by atomic mass is 16.6. The molecule has 1 amide bonds. The average molecular weight is 271 g/mol. The summed E-state index contributed by atoms with van der Waals surface area (Å²) in [5.74, 6) is 1.40. The molecule has 0 atom stereocenters. The zero-order valence-electron chi connectivity index (χ0n) is 10.6. The summed E-state index contributed by atoms with van der Waals surface area (Å²) in [6.45, 7) is 1.01. The molecule has 6 nitrogen and oxygen atoms in total. The van der Waals surface area contributed by atoms with Crippen LogP contribution in [0.3, 0.4) is 0 Å². The predicted octanol–water partition coefficient (Wildman–Crippen LogP) is 1.69. The van der Waals surface area contributed by atoms with Crippen molar-refractivity contribution in [1.29, 1.82) is 0 Å². The molecule has 1 aliphatic heterocycles. The Hall–Kier alpha value is -2.76. The Morgan fingerprint density at radius 2 is 1.95 bits per heavy atom. The molecule has 2 aromatic rings. The van der Waals surface area contributed by atoms with Gasteiger partial charge in [-0.3, -0.25) is 4.79 Å². The Balaban J connectivity index is 1.78. The summed E-state index contributed by atoms with van der Waals surface area (Å²) in [5.41, 5.74) is 6.56. The van der Waals surface area contributed by atoms with Gasteiger partial charge in [0.1, 0.15) is 19.0 Å². The van der Waals surface area contributed by atoms with Crippen LogP contribution in [0.2, 0.25) is 0 Å². The van der Waals surface area contributed by atoms with Gasteiger partial charge in [0.15, 0.2) is 11.5 Å². The molecule has 0 bridgehead atoms. The molecular weight excluding hydrogens is 258 g/mol. The number of aromatic nitrogens is 1. The Kier molecular flexibility index (Phi) is 3.12. The highest BCUT2D eigenvalue weighted by molar-refractivity contribution is 6.04. The van der Waals surface area contributed by atoms with E-state index in [1.807, 2.05) is 0 Å². The van der Waals surface area contributed by atoms with Crippen molar-refractivity contribution in [1.82, 2.24) is 4.98 Å². The fourth-order valence-electron chi connectivity index (χ4n) is 1.87. The molecule has 6 heteroatoms. The van der Waals surface area contributed by atoms with Crippen LogP contribution in [-0.4, -0.2) is 24.1 Å². The maximum atomic E-state index is 12.1. The van der Waals surface area contributed by atoms with Gasteiger partial charge in [0, 0.05) is 5.56 Å². The lowest BCUT2D eigenvalue weighted by Gasteiger charge is -2.18. The number of hydrogen-bond donors (Lipinski definition) is 2. The van der Waals surface area contributed by atoms with E-state index in [1.54, 1.807) is 30.3 Å². The molecule has 1 aromatic heterocycles.